The molecule has 0 aliphatic carbocycles. The van der Waals surface area contributed by atoms with Gasteiger partial charge in [0.25, 0.3) is 0 Å². The van der Waals surface area contributed by atoms with Crippen LogP contribution in [-0.2, 0) is 4.74 Å². The van der Waals surface area contributed by atoms with E-state index < -0.39 is 0 Å². The topological polar surface area (TPSA) is 31.4 Å². The highest BCUT2D eigenvalue weighted by Crippen LogP contribution is 2.18. The fourth-order valence-electron chi connectivity index (χ4n) is 1.23. The van der Waals surface area contributed by atoms with Crippen LogP contribution in [0.4, 0.5) is 0 Å². The lowest BCUT2D eigenvalue weighted by Crippen LogP contribution is -2.16. The average Bonchev–Trinajstić information content (AvgIpc) is 2.57. The highest BCUT2D eigenvalue weighted by Gasteiger charge is 2.17. The highest BCUT2D eigenvalue weighted by molar-refractivity contribution is 9.10. The van der Waals surface area contributed by atoms with Crippen LogP contribution < -0.4 is 4.74 Å². The molecule has 0 amide bonds. The molecule has 2 rings (SSSR count). The average molecular weight is 244 g/mol. The first-order chi connectivity index (χ1) is 6.34. The van der Waals surface area contributed by atoms with Gasteiger partial charge in [0, 0.05) is 23.2 Å². The van der Waals surface area contributed by atoms with Crippen molar-refractivity contribution in [2.45, 2.75) is 12.5 Å². The first kappa shape index (κ1) is 8.97. The summed E-state index contributed by atoms with van der Waals surface area (Å²) in [5.74, 6) is 0.657. The zero-order valence-corrected chi connectivity index (χ0v) is 8.66. The summed E-state index contributed by atoms with van der Waals surface area (Å²) >= 11 is 3.36. The second-order valence-corrected chi connectivity index (χ2v) is 3.83. The van der Waals surface area contributed by atoms with Gasteiger partial charge >= 0.3 is 0 Å². The number of halogens is 1. The van der Waals surface area contributed by atoms with Gasteiger partial charge in [0.2, 0.25) is 5.88 Å². The van der Waals surface area contributed by atoms with Gasteiger partial charge in [0.15, 0.2) is 0 Å². The van der Waals surface area contributed by atoms with Crippen LogP contribution in [0.3, 0.4) is 0 Å². The van der Waals surface area contributed by atoms with Crippen LogP contribution in [0, 0.1) is 0 Å². The third-order valence-corrected chi connectivity index (χ3v) is 2.37. The molecular weight excluding hydrogens is 234 g/mol. The maximum Gasteiger partial charge on any atom is 0.214 e. The molecule has 0 spiro atoms. The van der Waals surface area contributed by atoms with Crippen molar-refractivity contribution in [3.05, 3.63) is 22.8 Å². The van der Waals surface area contributed by atoms with Crippen LogP contribution in [-0.4, -0.2) is 24.3 Å². The second kappa shape index (κ2) is 4.07. The van der Waals surface area contributed by atoms with Crippen molar-refractivity contribution in [1.82, 2.24) is 4.98 Å². The Bertz CT molecular complexity index is 287. The van der Waals surface area contributed by atoms with E-state index in [0.29, 0.717) is 12.5 Å². The Balaban J connectivity index is 2.00. The molecule has 0 saturated carbocycles. The normalized spacial score (nSPS) is 21.8. The molecule has 1 aromatic heterocycles. The van der Waals surface area contributed by atoms with E-state index in [1.54, 1.807) is 6.20 Å². The van der Waals surface area contributed by atoms with Crippen molar-refractivity contribution in [1.29, 1.82) is 0 Å². The molecule has 2 heterocycles. The Hall–Kier alpha value is -0.610. The van der Waals surface area contributed by atoms with Crippen molar-refractivity contribution in [3.63, 3.8) is 0 Å². The lowest BCUT2D eigenvalue weighted by atomic mass is 10.3. The van der Waals surface area contributed by atoms with Crippen LogP contribution in [0.15, 0.2) is 22.8 Å². The molecule has 1 aliphatic heterocycles. The molecule has 4 heteroatoms. The molecule has 70 valence electrons. The van der Waals surface area contributed by atoms with Crippen LogP contribution in [0.1, 0.15) is 6.42 Å². The number of rotatable bonds is 2. The molecule has 1 fully saturated rings. The Morgan fingerprint density at radius 3 is 3.23 bits per heavy atom. The smallest absolute Gasteiger partial charge is 0.214 e. The minimum atomic E-state index is 0.168. The SMILES string of the molecule is Brc1ccnc(OC2CCOC2)c1. The lowest BCUT2D eigenvalue weighted by molar-refractivity contribution is 0.138. The molecule has 1 aliphatic rings. The molecule has 3 nitrogen and oxygen atoms in total. The summed E-state index contributed by atoms with van der Waals surface area (Å²) in [6.45, 7) is 1.47. The molecule has 13 heavy (non-hydrogen) atoms. The molecule has 0 aromatic carbocycles. The van der Waals surface area contributed by atoms with Gasteiger partial charge < -0.3 is 9.47 Å². The van der Waals surface area contributed by atoms with E-state index >= 15 is 0 Å². The third kappa shape index (κ3) is 2.42. The van der Waals surface area contributed by atoms with Crippen molar-refractivity contribution in [3.8, 4) is 5.88 Å². The van der Waals surface area contributed by atoms with Crippen LogP contribution in [0.25, 0.3) is 0 Å². The molecule has 1 aromatic rings. The molecule has 0 N–H and O–H groups in total. The van der Waals surface area contributed by atoms with E-state index in [1.807, 2.05) is 12.1 Å². The monoisotopic (exact) mass is 243 g/mol. The quantitative estimate of drug-likeness (QED) is 0.797. The molecular formula is C9H10BrNO2. The van der Waals surface area contributed by atoms with Crippen molar-refractivity contribution in [2.75, 3.05) is 13.2 Å². The Morgan fingerprint density at radius 2 is 2.54 bits per heavy atom. The van der Waals surface area contributed by atoms with Crippen molar-refractivity contribution in [2.24, 2.45) is 0 Å². The highest BCUT2D eigenvalue weighted by atomic mass is 79.9. The number of ether oxygens (including phenoxy) is 2. The standard InChI is InChI=1S/C9H10BrNO2/c10-7-1-3-11-9(5-7)13-8-2-4-12-6-8/h1,3,5,8H,2,4,6H2. The predicted molar refractivity (Wildman–Crippen MR) is 51.8 cm³/mol. The van der Waals surface area contributed by atoms with Gasteiger partial charge in [0.05, 0.1) is 13.2 Å². The summed E-state index contributed by atoms with van der Waals surface area (Å²) < 4.78 is 11.8. The molecule has 0 radical (unpaired) electrons. The molecule has 1 unspecified atom stereocenters. The lowest BCUT2D eigenvalue weighted by Gasteiger charge is -2.10. The van der Waals surface area contributed by atoms with E-state index in [1.165, 1.54) is 0 Å². The second-order valence-electron chi connectivity index (χ2n) is 2.92. The molecule has 0 bridgehead atoms. The maximum atomic E-state index is 5.59. The summed E-state index contributed by atoms with van der Waals surface area (Å²) in [5, 5.41) is 0. The maximum absolute atomic E-state index is 5.59. The first-order valence-electron chi connectivity index (χ1n) is 4.20. The van der Waals surface area contributed by atoms with Gasteiger partial charge in [-0.2, -0.15) is 0 Å². The minimum Gasteiger partial charge on any atom is -0.472 e. The summed E-state index contributed by atoms with van der Waals surface area (Å²) in [5.41, 5.74) is 0. The zero-order valence-electron chi connectivity index (χ0n) is 7.07. The Kier molecular flexibility index (Phi) is 2.80. The summed E-state index contributed by atoms with van der Waals surface area (Å²) in [7, 11) is 0. The minimum absolute atomic E-state index is 0.168. The van der Waals surface area contributed by atoms with Crippen LogP contribution >= 0.6 is 15.9 Å². The number of nitrogens with zero attached hydrogens (tertiary/aromatic N) is 1. The number of pyridine rings is 1. The largest absolute Gasteiger partial charge is 0.472 e. The van der Waals surface area contributed by atoms with Crippen molar-refractivity contribution >= 4 is 15.9 Å². The van der Waals surface area contributed by atoms with Crippen molar-refractivity contribution < 1.29 is 9.47 Å². The van der Waals surface area contributed by atoms with E-state index in [9.17, 15) is 0 Å². The summed E-state index contributed by atoms with van der Waals surface area (Å²) in [6, 6.07) is 3.73. The van der Waals surface area contributed by atoms with E-state index in [4.69, 9.17) is 9.47 Å². The van der Waals surface area contributed by atoms with E-state index in [-0.39, 0.29) is 6.10 Å². The van der Waals surface area contributed by atoms with Gasteiger partial charge in [-0.3, -0.25) is 0 Å². The van der Waals surface area contributed by atoms with Gasteiger partial charge in [-0.1, -0.05) is 15.9 Å². The fourth-order valence-corrected chi connectivity index (χ4v) is 1.54. The van der Waals surface area contributed by atoms with E-state index in [0.717, 1.165) is 17.5 Å². The zero-order chi connectivity index (χ0) is 9.10. The first-order valence-corrected chi connectivity index (χ1v) is 5.00. The number of aromatic nitrogens is 1. The predicted octanol–water partition coefficient (Wildman–Crippen LogP) is 2.01. The van der Waals surface area contributed by atoms with Gasteiger partial charge in [-0.25, -0.2) is 4.98 Å². The van der Waals surface area contributed by atoms with Crippen LogP contribution in [0.2, 0.25) is 0 Å². The van der Waals surface area contributed by atoms with Gasteiger partial charge in [0.1, 0.15) is 6.10 Å². The molecule has 1 atom stereocenters. The van der Waals surface area contributed by atoms with Crippen LogP contribution in [0.5, 0.6) is 5.88 Å². The summed E-state index contributed by atoms with van der Waals surface area (Å²) in [6.07, 6.45) is 2.84. The van der Waals surface area contributed by atoms with Gasteiger partial charge in [-0.15, -0.1) is 0 Å². The fraction of sp³-hybridized carbons (Fsp3) is 0.444. The van der Waals surface area contributed by atoms with E-state index in [2.05, 4.69) is 20.9 Å². The van der Waals surface area contributed by atoms with Gasteiger partial charge in [-0.05, 0) is 6.07 Å². The Labute approximate surface area is 85.2 Å². The third-order valence-electron chi connectivity index (χ3n) is 1.87. The number of hydrogen-bond acceptors (Lipinski definition) is 3. The summed E-state index contributed by atoms with van der Waals surface area (Å²) in [4.78, 5) is 4.10. The molecule has 1 saturated heterocycles. The Morgan fingerprint density at radius 1 is 1.62 bits per heavy atom. The number of hydrogen-bond donors (Lipinski definition) is 0.